The number of aliphatic hydroxyl groups excluding tert-OH is 1. The van der Waals surface area contributed by atoms with Crippen LogP contribution in [0.3, 0.4) is 0 Å². The first-order valence-electron chi connectivity index (χ1n) is 42.7. The molecule has 51 nitrogen and oxygen atoms in total. The molecule has 0 radical (unpaired) electrons. The number of hydrogen-bond acceptors (Lipinski definition) is 42. The molecule has 0 aliphatic carbocycles. The van der Waals surface area contributed by atoms with E-state index in [-0.39, 0.29) is 79.3 Å². The van der Waals surface area contributed by atoms with E-state index in [4.69, 9.17) is 110 Å². The number of azide groups is 4. The molecule has 0 aromatic carbocycles. The summed E-state index contributed by atoms with van der Waals surface area (Å²) >= 11 is 0. The molecule has 56 heteroatoms. The molecule has 0 spiro atoms. The Morgan fingerprint density at radius 1 is 0.471 bits per heavy atom. The van der Waals surface area contributed by atoms with Gasteiger partial charge in [-0.3, -0.25) is 38.1 Å². The number of hydrogen-bond donors (Lipinski definition) is 5. The molecule has 8 N–H and O–H groups in total. The van der Waals surface area contributed by atoms with Gasteiger partial charge in [0.15, 0.2) is 84.7 Å². The number of unbranched alkanes of at least 4 members (excludes halogenated alkanes) is 4. The molecule has 1 amide bonds. The van der Waals surface area contributed by atoms with Gasteiger partial charge in [-0.2, -0.15) is 0 Å². The summed E-state index contributed by atoms with van der Waals surface area (Å²) in [6, 6.07) is 0. The highest BCUT2D eigenvalue weighted by Gasteiger charge is 2.64. The second-order valence-electron chi connectivity index (χ2n) is 30.9. The quantitative estimate of drug-likeness (QED) is 0.00552. The fourth-order valence-corrected chi connectivity index (χ4v) is 14.0. The van der Waals surface area contributed by atoms with E-state index in [1.54, 1.807) is 13.8 Å². The lowest BCUT2D eigenvalue weighted by molar-refractivity contribution is -0.178. The number of ether oxygens (including phenoxy) is 14. The van der Waals surface area contributed by atoms with Crippen molar-refractivity contribution in [2.75, 3.05) is 66.2 Å². The van der Waals surface area contributed by atoms with Crippen LogP contribution in [0.1, 0.15) is 159 Å². The lowest BCUT2D eigenvalue weighted by Crippen LogP contribution is -2.51. The van der Waals surface area contributed by atoms with Crippen LogP contribution in [-0.4, -0.2) is 271 Å². The summed E-state index contributed by atoms with van der Waals surface area (Å²) < 4.78 is 165. The van der Waals surface area contributed by atoms with E-state index in [9.17, 15) is 52.8 Å². The molecule has 8 aliphatic heterocycles. The summed E-state index contributed by atoms with van der Waals surface area (Å²) in [5.41, 5.74) is 44.9. The largest absolute Gasteiger partial charge is 0.510 e. The number of halogens is 4. The van der Waals surface area contributed by atoms with Gasteiger partial charge in [-0.25, -0.2) is 55.7 Å². The van der Waals surface area contributed by atoms with E-state index in [1.807, 2.05) is 27.7 Å². The molecule has 0 saturated carbocycles. The summed E-state index contributed by atoms with van der Waals surface area (Å²) in [4.78, 5) is 135. The zero-order valence-corrected chi connectivity index (χ0v) is 77.6. The number of esters is 6. The van der Waals surface area contributed by atoms with Crippen molar-refractivity contribution in [3.8, 4) is 0 Å². The van der Waals surface area contributed by atoms with Crippen LogP contribution >= 0.6 is 7.82 Å². The molecule has 0 aromatic heterocycles. The van der Waals surface area contributed by atoms with Gasteiger partial charge < -0.3 is 114 Å². The molecule has 0 aromatic rings. The molecule has 4 fully saturated rings. The fourth-order valence-electron chi connectivity index (χ4n) is 13.1. The van der Waals surface area contributed by atoms with Crippen LogP contribution in [-0.2, 0) is 118 Å². The lowest BCUT2D eigenvalue weighted by Gasteiger charge is -2.34. The van der Waals surface area contributed by atoms with E-state index in [1.165, 1.54) is 79.2 Å². The SMILES string of the molecule is C=C1N=C(N)C=CN1[C@@H]1O[C@](CN=[N+]=[N-])(COC(=O)CC)[C@@H](OC(=O)CC)[C@H]1F.C=C1N=C(N)C=CN1[C@@H]1O[C@](CN=[N+]=[N-])(COC(=O)CCCC)[C@@H](OC(=O)CCCC)[C@H]1F.C=C1N=C(N)C=CN1[C@@H]1O[C@](CN=[N+]=[N-])(COC(=O)CCCC)[C@@H](OC(=O)CCCC)[C@H]1F.C=C1NC(=O)C=CN1[C@@H]1O[C@](CN=[N+]=[N-])(COP(=O)(OCOC(=O)OC(C)C)OCOC(=O)OC(C)C)[C@@H](O)[C@H]1F. The van der Waals surface area contributed by atoms with E-state index < -0.39 is 237 Å². The first-order chi connectivity index (χ1) is 64.5. The van der Waals surface area contributed by atoms with E-state index in [2.05, 4.69) is 96.2 Å². The number of aliphatic hydroxyl groups is 1. The fraction of sp³-hybridized carbons (Fsp3) is 0.650. The number of amides is 1. The van der Waals surface area contributed by atoms with Crippen LogP contribution < -0.4 is 22.5 Å². The molecule has 8 aliphatic rings. The Morgan fingerprint density at radius 3 is 1.10 bits per heavy atom. The number of alkyl halides is 4. The summed E-state index contributed by atoms with van der Waals surface area (Å²) in [5, 5.41) is 26.9. The lowest BCUT2D eigenvalue weighted by atomic mass is 9.96. The normalized spacial score (nSPS) is 26.2. The molecule has 752 valence electrons. The van der Waals surface area contributed by atoms with E-state index >= 15 is 17.6 Å². The van der Waals surface area contributed by atoms with Crippen molar-refractivity contribution in [1.82, 2.24) is 24.9 Å². The Balaban J connectivity index is 0.000000323. The third kappa shape index (κ3) is 33.1. The van der Waals surface area contributed by atoms with Crippen molar-refractivity contribution in [3.05, 3.63) is 140 Å². The zero-order valence-electron chi connectivity index (χ0n) is 76.7. The van der Waals surface area contributed by atoms with Gasteiger partial charge in [0.05, 0.1) is 45.0 Å². The third-order valence-electron chi connectivity index (χ3n) is 20.0. The molecular formula is C80H116F4N23O28P. The van der Waals surface area contributed by atoms with Crippen molar-refractivity contribution in [2.24, 2.45) is 52.6 Å². The number of nitrogens with zero attached hydrogens (tertiary/aromatic N) is 19. The maximum absolute atomic E-state index is 15.8. The first-order valence-corrected chi connectivity index (χ1v) is 44.2. The number of rotatable bonds is 46. The van der Waals surface area contributed by atoms with Gasteiger partial charge in [-0.05, 0) is 93.7 Å². The Hall–Kier alpha value is -12.8. The van der Waals surface area contributed by atoms with Crippen molar-refractivity contribution in [3.63, 3.8) is 0 Å². The molecule has 8 heterocycles. The van der Waals surface area contributed by atoms with Crippen molar-refractivity contribution < 1.29 is 150 Å². The van der Waals surface area contributed by atoms with Crippen molar-refractivity contribution >= 4 is 79.4 Å². The van der Waals surface area contributed by atoms with Crippen LogP contribution in [0.15, 0.2) is 134 Å². The Kier molecular flexibility index (Phi) is 46.2. The second kappa shape index (κ2) is 55.3. The number of aliphatic imine (C=N–C) groups is 3. The predicted molar refractivity (Wildman–Crippen MR) is 468 cm³/mol. The van der Waals surface area contributed by atoms with Crippen LogP contribution in [0.2, 0.25) is 0 Å². The topological polar surface area (TPSA) is 683 Å². The van der Waals surface area contributed by atoms with Crippen LogP contribution in [0.25, 0.3) is 41.8 Å². The second-order valence-corrected chi connectivity index (χ2v) is 32.6. The minimum atomic E-state index is -4.86. The van der Waals surface area contributed by atoms with Crippen molar-refractivity contribution in [1.29, 1.82) is 0 Å². The van der Waals surface area contributed by atoms with E-state index in [0.29, 0.717) is 25.7 Å². The molecular weight excluding hydrogens is 1840 g/mol. The van der Waals surface area contributed by atoms with Crippen molar-refractivity contribution in [2.45, 2.75) is 268 Å². The van der Waals surface area contributed by atoms with Gasteiger partial charge >= 0.3 is 55.9 Å². The average Bonchev–Trinajstić information content (AvgIpc) is 1.65. The van der Waals surface area contributed by atoms with Gasteiger partial charge in [0, 0.05) is 89.0 Å². The molecule has 0 unspecified atom stereocenters. The van der Waals surface area contributed by atoms with Crippen LogP contribution in [0, 0.1) is 0 Å². The van der Waals surface area contributed by atoms with Crippen LogP contribution in [0.5, 0.6) is 0 Å². The maximum atomic E-state index is 15.8. The standard InChI is InChI=1S/2C21H31FN6O5.C21H31FN5O13P.C17H23FN6O5/c2*1-4-6-8-16(29)31-13-21(12-25-27-24)19(32-17(30)9-7-5-2)18(22)20(33-21)28-11-10-15(23)26-14(28)3;1-12(2)38-19(30)33-10-36-41(32,37-11-34-20(31)39-13(3)4)35-9-21(8-24-26-23)17(29)16(22)18(40-21)27-7-6-15(28)25-14(27)5;1-4-12(25)27-9-17(8-21-23-20)15(28-13(26)5-2)14(18)16(29-17)24-7-6-11(19)22-10(24)3/h2*10-11,18-20H,3-9,12-13H2,1-2H3,(H2,23,26);6-7,12-13,16-18,29H,5,8-11H2,1-4H3,(H,25,28);6-7,14-16H,3-5,8-9H2,1-2H3,(H2,19,22)/t2*18-,19+,20-,21-;16-,17+,18-,21-;14-,15+,16-,17-/m1111/s1. The third-order valence-corrected chi connectivity index (χ3v) is 21.2. The van der Waals surface area contributed by atoms with Gasteiger partial charge in [0.2, 0.25) is 13.6 Å². The Morgan fingerprint density at radius 2 is 0.779 bits per heavy atom. The highest BCUT2D eigenvalue weighted by molar-refractivity contribution is 7.48. The highest BCUT2D eigenvalue weighted by atomic mass is 31.2. The molecule has 16 atom stereocenters. The number of phosphoric acid groups is 1. The zero-order chi connectivity index (χ0) is 101. The number of carbonyl (C=O) groups excluding carboxylic acids is 9. The maximum Gasteiger partial charge on any atom is 0.510 e. The van der Waals surface area contributed by atoms with Gasteiger partial charge in [0.1, 0.15) is 72.3 Å². The molecule has 136 heavy (non-hydrogen) atoms. The number of nitrogens with one attached hydrogen (secondary N) is 1. The minimum absolute atomic E-state index is 0.0165. The minimum Gasteiger partial charge on any atom is -0.462 e. The summed E-state index contributed by atoms with van der Waals surface area (Å²) in [7, 11) is -4.86. The average molecular weight is 1950 g/mol. The Labute approximate surface area is 778 Å². The Bertz CT molecular complexity index is 4540. The summed E-state index contributed by atoms with van der Waals surface area (Å²) in [6.07, 6.45) is -6.81. The van der Waals surface area contributed by atoms with Gasteiger partial charge in [0.25, 0.3) is 5.91 Å². The highest BCUT2D eigenvalue weighted by Crippen LogP contribution is 2.52. The van der Waals surface area contributed by atoms with Gasteiger partial charge in [-0.1, -0.05) is 114 Å². The number of carbonyl (C=O) groups is 9. The number of amidine groups is 3. The number of nitrogens with two attached hydrogens (primary N) is 3. The summed E-state index contributed by atoms with van der Waals surface area (Å²) in [5.74, 6) is -3.36. The van der Waals surface area contributed by atoms with Crippen LogP contribution in [0.4, 0.5) is 27.2 Å². The smallest absolute Gasteiger partial charge is 0.462 e. The molecule has 0 bridgehead atoms. The van der Waals surface area contributed by atoms with E-state index in [0.717, 1.165) is 42.9 Å². The monoisotopic (exact) mass is 1950 g/mol. The summed E-state index contributed by atoms with van der Waals surface area (Å²) in [6.45, 7) is 25.2. The molecule has 8 rings (SSSR count). The number of phosphoric ester groups is 1. The first kappa shape index (κ1) is 114. The molecule has 4 saturated heterocycles. The van der Waals surface area contributed by atoms with Gasteiger partial charge in [-0.15, -0.1) is 0 Å². The predicted octanol–water partition coefficient (Wildman–Crippen LogP) is 10.8.